The molecule has 2 aliphatic rings. The molecule has 0 spiro atoms. The van der Waals surface area contributed by atoms with Gasteiger partial charge < -0.3 is 20.4 Å². The summed E-state index contributed by atoms with van der Waals surface area (Å²) >= 11 is 0. The van der Waals surface area contributed by atoms with Crippen LogP contribution in [0.25, 0.3) is 0 Å². The van der Waals surface area contributed by atoms with E-state index in [1.807, 2.05) is 12.2 Å². The molecule has 0 aromatic carbocycles. The molecule has 2 rings (SSSR count). The Bertz CT molecular complexity index is 527. The number of aliphatic hydroxyl groups is 3. The second-order valence-electron chi connectivity index (χ2n) is 8.59. The zero-order chi connectivity index (χ0) is 20.4. The topological polar surface area (TPSA) is 98.0 Å². The summed E-state index contributed by atoms with van der Waals surface area (Å²) in [6, 6.07) is 0. The van der Waals surface area contributed by atoms with Crippen molar-refractivity contribution in [1.82, 2.24) is 0 Å². The Labute approximate surface area is 169 Å². The van der Waals surface area contributed by atoms with Crippen LogP contribution < -0.4 is 0 Å². The molecule has 0 aliphatic heterocycles. The highest BCUT2D eigenvalue weighted by atomic mass is 16.4. The number of aliphatic hydroxyl groups excluding tert-OH is 3. The maximum atomic E-state index is 10.6. The minimum absolute atomic E-state index is 0.120. The van der Waals surface area contributed by atoms with Crippen molar-refractivity contribution in [3.8, 4) is 0 Å². The summed E-state index contributed by atoms with van der Waals surface area (Å²) in [5.41, 5.74) is 1.41. The van der Waals surface area contributed by atoms with Crippen LogP contribution in [-0.2, 0) is 4.79 Å². The number of fused-ring (bicyclic) bond motifs is 1. The molecule has 0 heterocycles. The van der Waals surface area contributed by atoms with E-state index in [0.717, 1.165) is 64.2 Å². The van der Waals surface area contributed by atoms with Crippen LogP contribution in [0.1, 0.15) is 77.0 Å². The molecule has 2 saturated carbocycles. The molecule has 1 unspecified atom stereocenters. The second-order valence-corrected chi connectivity index (χ2v) is 8.59. The minimum atomic E-state index is -0.737. The van der Waals surface area contributed by atoms with Crippen molar-refractivity contribution in [1.29, 1.82) is 0 Å². The van der Waals surface area contributed by atoms with Gasteiger partial charge in [0, 0.05) is 18.9 Å². The van der Waals surface area contributed by atoms with Crippen LogP contribution in [0.3, 0.4) is 0 Å². The van der Waals surface area contributed by atoms with Gasteiger partial charge in [0.15, 0.2) is 0 Å². The number of allylic oxidation sites excluding steroid dienone is 2. The van der Waals surface area contributed by atoms with Crippen molar-refractivity contribution in [2.45, 2.75) is 89.3 Å². The van der Waals surface area contributed by atoms with E-state index < -0.39 is 12.1 Å². The fourth-order valence-electron chi connectivity index (χ4n) is 4.85. The number of hydrogen-bond acceptors (Lipinski definition) is 4. The largest absolute Gasteiger partial charge is 0.481 e. The molecule has 28 heavy (non-hydrogen) atoms. The normalized spacial score (nSPS) is 29.6. The Morgan fingerprint density at radius 1 is 1.11 bits per heavy atom. The van der Waals surface area contributed by atoms with Gasteiger partial charge in [0.05, 0.1) is 12.2 Å². The monoisotopic (exact) mass is 394 g/mol. The lowest BCUT2D eigenvalue weighted by atomic mass is 9.90. The van der Waals surface area contributed by atoms with Gasteiger partial charge in [0.2, 0.25) is 0 Å². The van der Waals surface area contributed by atoms with Crippen LogP contribution in [0.2, 0.25) is 0 Å². The van der Waals surface area contributed by atoms with Gasteiger partial charge >= 0.3 is 5.97 Å². The van der Waals surface area contributed by atoms with E-state index in [2.05, 4.69) is 6.08 Å². The van der Waals surface area contributed by atoms with Crippen molar-refractivity contribution in [2.75, 3.05) is 6.61 Å². The molecule has 0 saturated heterocycles. The van der Waals surface area contributed by atoms with Crippen molar-refractivity contribution in [3.63, 3.8) is 0 Å². The molecule has 2 fully saturated rings. The maximum Gasteiger partial charge on any atom is 0.303 e. The lowest BCUT2D eigenvalue weighted by Crippen LogP contribution is -2.17. The van der Waals surface area contributed by atoms with E-state index >= 15 is 0 Å². The average Bonchev–Trinajstić information content (AvgIpc) is 3.16. The molecule has 0 aromatic rings. The number of rotatable bonds is 13. The minimum Gasteiger partial charge on any atom is -0.481 e. The highest BCUT2D eigenvalue weighted by Crippen LogP contribution is 2.50. The summed E-state index contributed by atoms with van der Waals surface area (Å²) in [7, 11) is 0. The molecular weight excluding hydrogens is 356 g/mol. The summed E-state index contributed by atoms with van der Waals surface area (Å²) in [4.78, 5) is 10.6. The zero-order valence-corrected chi connectivity index (χ0v) is 17.0. The Kier molecular flexibility index (Phi) is 10.2. The molecule has 2 aliphatic carbocycles. The van der Waals surface area contributed by atoms with Gasteiger partial charge in [0.25, 0.3) is 0 Å². The number of carboxylic acids is 1. The van der Waals surface area contributed by atoms with Gasteiger partial charge in [-0.2, -0.15) is 0 Å². The van der Waals surface area contributed by atoms with Gasteiger partial charge in [-0.15, -0.1) is 0 Å². The first-order valence-corrected chi connectivity index (χ1v) is 11.1. The summed E-state index contributed by atoms with van der Waals surface area (Å²) in [6.07, 6.45) is 15.8. The number of carbonyl (C=O) groups is 1. The standard InChI is InChI=1S/C23H38O5/c24-13-7-3-1-2-4-9-19(25)11-12-20-21-15-17(8-5-6-10-23(27)28)14-18(21)16-22(20)26/h8,11-12,18-22,24-26H,1-7,9-10,13-16H2,(H,27,28)/t18-,19?,20-,21+,22-/m0/s1. The zero-order valence-electron chi connectivity index (χ0n) is 17.0. The van der Waals surface area contributed by atoms with Gasteiger partial charge in [-0.25, -0.2) is 0 Å². The van der Waals surface area contributed by atoms with Crippen LogP contribution >= 0.6 is 0 Å². The highest BCUT2D eigenvalue weighted by molar-refractivity contribution is 5.66. The van der Waals surface area contributed by atoms with Gasteiger partial charge in [-0.3, -0.25) is 4.79 Å². The predicted octanol–water partition coefficient (Wildman–Crippen LogP) is 3.82. The Morgan fingerprint density at radius 3 is 2.61 bits per heavy atom. The van der Waals surface area contributed by atoms with Crippen LogP contribution in [0.4, 0.5) is 0 Å². The van der Waals surface area contributed by atoms with Crippen LogP contribution in [0.15, 0.2) is 23.8 Å². The molecule has 160 valence electrons. The third kappa shape index (κ3) is 7.69. The van der Waals surface area contributed by atoms with Gasteiger partial charge in [-0.1, -0.05) is 49.5 Å². The Morgan fingerprint density at radius 2 is 1.86 bits per heavy atom. The van der Waals surface area contributed by atoms with Gasteiger partial charge in [-0.05, 0) is 56.8 Å². The van der Waals surface area contributed by atoms with Crippen LogP contribution in [0, 0.1) is 17.8 Å². The SMILES string of the molecule is O=C(O)CCCC=C1C[C@H]2C[C@H](O)[C@@H](C=CC(O)CCCCCCCO)[C@@H]2C1. The first-order valence-electron chi connectivity index (χ1n) is 11.1. The highest BCUT2D eigenvalue weighted by Gasteiger charge is 2.44. The van der Waals surface area contributed by atoms with E-state index in [1.165, 1.54) is 5.57 Å². The second kappa shape index (κ2) is 12.4. The van der Waals surface area contributed by atoms with Crippen molar-refractivity contribution >= 4 is 5.97 Å². The summed E-state index contributed by atoms with van der Waals surface area (Å²) in [6.45, 7) is 0.260. The van der Waals surface area contributed by atoms with Crippen LogP contribution in [0.5, 0.6) is 0 Å². The van der Waals surface area contributed by atoms with E-state index in [-0.39, 0.29) is 25.0 Å². The maximum absolute atomic E-state index is 10.6. The fraction of sp³-hybridized carbons (Fsp3) is 0.783. The number of aliphatic carboxylic acids is 1. The number of hydrogen-bond donors (Lipinski definition) is 4. The molecule has 5 nitrogen and oxygen atoms in total. The van der Waals surface area contributed by atoms with E-state index in [9.17, 15) is 15.0 Å². The first kappa shape index (κ1) is 23.1. The molecule has 0 bridgehead atoms. The van der Waals surface area contributed by atoms with Crippen molar-refractivity contribution in [3.05, 3.63) is 23.8 Å². The molecule has 5 heteroatoms. The quantitative estimate of drug-likeness (QED) is 0.281. The lowest BCUT2D eigenvalue weighted by molar-refractivity contribution is -0.137. The molecule has 5 atom stereocenters. The number of carboxylic acid groups (broad SMARTS) is 1. The van der Waals surface area contributed by atoms with Crippen molar-refractivity contribution < 1.29 is 25.2 Å². The Balaban J connectivity index is 1.73. The van der Waals surface area contributed by atoms with E-state index in [0.29, 0.717) is 18.3 Å². The summed E-state index contributed by atoms with van der Waals surface area (Å²) < 4.78 is 0. The smallest absolute Gasteiger partial charge is 0.303 e. The Hall–Kier alpha value is -1.17. The molecule has 0 radical (unpaired) electrons. The van der Waals surface area contributed by atoms with E-state index in [4.69, 9.17) is 10.2 Å². The third-order valence-electron chi connectivity index (χ3n) is 6.35. The summed E-state index contributed by atoms with van der Waals surface area (Å²) in [5.74, 6) is 0.342. The van der Waals surface area contributed by atoms with E-state index in [1.54, 1.807) is 0 Å². The predicted molar refractivity (Wildman–Crippen MR) is 110 cm³/mol. The van der Waals surface area contributed by atoms with Gasteiger partial charge in [0.1, 0.15) is 0 Å². The molecule has 0 aromatic heterocycles. The number of unbranched alkanes of at least 4 members (excludes halogenated alkanes) is 5. The molecule has 0 amide bonds. The first-order chi connectivity index (χ1) is 13.5. The molecular formula is C23H38O5. The average molecular weight is 395 g/mol. The fourth-order valence-corrected chi connectivity index (χ4v) is 4.85. The molecule has 4 N–H and O–H groups in total. The van der Waals surface area contributed by atoms with Crippen LogP contribution in [-0.4, -0.2) is 45.2 Å². The lowest BCUT2D eigenvalue weighted by Gasteiger charge is -2.17. The third-order valence-corrected chi connectivity index (χ3v) is 6.35. The summed E-state index contributed by atoms with van der Waals surface area (Å²) in [5, 5.41) is 38.1. The van der Waals surface area contributed by atoms with Crippen molar-refractivity contribution in [2.24, 2.45) is 17.8 Å².